The van der Waals surface area contributed by atoms with Gasteiger partial charge in [0.1, 0.15) is 0 Å². The van der Waals surface area contributed by atoms with E-state index in [1.165, 1.54) is 0 Å². The van der Waals surface area contributed by atoms with Crippen molar-refractivity contribution in [3.8, 4) is 0 Å². The van der Waals surface area contributed by atoms with Crippen LogP contribution >= 0.6 is 31.3 Å². The van der Waals surface area contributed by atoms with Crippen LogP contribution in [0, 0.1) is 0 Å². The quantitative estimate of drug-likeness (QED) is 0.399. The van der Waals surface area contributed by atoms with Gasteiger partial charge in [0.2, 0.25) is 0 Å². The fourth-order valence-electron chi connectivity index (χ4n) is 0.293. The second-order valence-corrected chi connectivity index (χ2v) is 7.93. The first-order chi connectivity index (χ1) is 8.54. The van der Waals surface area contributed by atoms with Crippen LogP contribution in [0.2, 0.25) is 0 Å². The summed E-state index contributed by atoms with van der Waals surface area (Å²) in [6.45, 7) is 0. The maximum Gasteiger partial charge on any atom is 0.278 e. The molecule has 0 bridgehead atoms. The number of phosphoric ester groups is 2. The van der Waals surface area contributed by atoms with Gasteiger partial charge in [0.25, 0.3) is 15.6 Å². The van der Waals surface area contributed by atoms with Gasteiger partial charge in [-0.3, -0.25) is 13.4 Å². The fraction of sp³-hybridized carbons (Fsp3) is 1.00. The van der Waals surface area contributed by atoms with E-state index in [2.05, 4.69) is 17.7 Å². The third-order valence-electron chi connectivity index (χ3n) is 0.847. The van der Waals surface area contributed by atoms with Crippen molar-refractivity contribution in [2.24, 2.45) is 0 Å². The van der Waals surface area contributed by atoms with Gasteiger partial charge in [-0.1, -0.05) is 0 Å². The molecule has 0 aromatic carbocycles. The Labute approximate surface area is 112 Å². The van der Waals surface area contributed by atoms with E-state index in [0.29, 0.717) is 7.11 Å². The minimum absolute atomic E-state index is 0.557. The van der Waals surface area contributed by atoms with Gasteiger partial charge in [-0.2, -0.15) is 0 Å². The maximum atomic E-state index is 10.4. The molecule has 0 spiro atoms. The van der Waals surface area contributed by atoms with E-state index < -0.39 is 31.3 Å². The molecule has 2 unspecified atom stereocenters. The summed E-state index contributed by atoms with van der Waals surface area (Å²) in [5.41, 5.74) is 0. The molecule has 14 nitrogen and oxygen atoms in total. The van der Waals surface area contributed by atoms with Crippen LogP contribution in [0.3, 0.4) is 0 Å². The Morgan fingerprint density at radius 1 is 0.600 bits per heavy atom. The summed E-state index contributed by atoms with van der Waals surface area (Å²) in [6, 6.07) is 0. The van der Waals surface area contributed by atoms with Crippen LogP contribution in [0.4, 0.5) is 0 Å². The van der Waals surface area contributed by atoms with Crippen molar-refractivity contribution in [2.45, 2.75) is 0 Å². The Hall–Kier alpha value is 0.520. The summed E-state index contributed by atoms with van der Waals surface area (Å²) in [7, 11) is -20.2. The maximum absolute atomic E-state index is 10.4. The van der Waals surface area contributed by atoms with E-state index in [0.717, 1.165) is 7.11 Å². The van der Waals surface area contributed by atoms with Gasteiger partial charge in [-0.05, 0) is 0 Å². The van der Waals surface area contributed by atoms with E-state index in [-0.39, 0.29) is 0 Å². The van der Waals surface area contributed by atoms with Crippen LogP contribution in [0.25, 0.3) is 0 Å². The molecule has 20 heavy (non-hydrogen) atoms. The molecule has 0 aromatic heterocycles. The predicted molar refractivity (Wildman–Crippen MR) is 46.6 cm³/mol. The minimum atomic E-state index is -5.90. The summed E-state index contributed by atoms with van der Waals surface area (Å²) >= 11 is 0. The van der Waals surface area contributed by atoms with Gasteiger partial charge in [0.05, 0.1) is 15.6 Å². The van der Waals surface area contributed by atoms with Gasteiger partial charge in [0, 0.05) is 14.2 Å². The fourth-order valence-corrected chi connectivity index (χ4v) is 2.91. The van der Waals surface area contributed by atoms with Crippen molar-refractivity contribution >= 4 is 31.3 Å². The first kappa shape index (κ1) is 22.8. The van der Waals surface area contributed by atoms with Gasteiger partial charge < -0.3 is 47.5 Å². The van der Waals surface area contributed by atoms with Gasteiger partial charge >= 0.3 is 0 Å². The minimum Gasteiger partial charge on any atom is -0.790 e. The Morgan fingerprint density at radius 2 is 0.950 bits per heavy atom. The van der Waals surface area contributed by atoms with Crippen molar-refractivity contribution in [3.63, 3.8) is 0 Å². The van der Waals surface area contributed by atoms with Crippen molar-refractivity contribution in [1.82, 2.24) is 0 Å². The molecule has 0 aromatic rings. The molecule has 0 N–H and O–H groups in total. The number of phosphoric acid groups is 4. The molecule has 0 rings (SSSR count). The standard InChI is InChI=1S/CH7O10P3.CH5O4P/c1-9-13(5,6)11-14(7,8)10-12(2,3)4;1-5-6(2,3)4/h1H3,(H,5,6)(H,7,8)(H2,2,3,4);1H3,(H2,2,3,4)/p-6. The predicted octanol–water partition coefficient (Wildman–Crippen LogP) is -4.11. The second kappa shape index (κ2) is 8.23. The third-order valence-corrected chi connectivity index (χ3v) is 4.94. The highest BCUT2D eigenvalue weighted by Crippen LogP contribution is 2.60. The molecular weight excluding hydrogens is 372 g/mol. The van der Waals surface area contributed by atoms with E-state index in [9.17, 15) is 47.6 Å². The smallest absolute Gasteiger partial charge is 0.278 e. The molecule has 2 atom stereocenters. The largest absolute Gasteiger partial charge is 0.790 e. The highest BCUT2D eigenvalue weighted by atomic mass is 31.3. The number of hydrogen-bond donors (Lipinski definition) is 0. The molecule has 0 amide bonds. The molecule has 0 saturated carbocycles. The van der Waals surface area contributed by atoms with E-state index >= 15 is 0 Å². The van der Waals surface area contributed by atoms with Crippen LogP contribution in [-0.2, 0) is 35.9 Å². The molecule has 18 heteroatoms. The molecule has 0 saturated heterocycles. The lowest BCUT2D eigenvalue weighted by atomic mass is 11.8. The highest BCUT2D eigenvalue weighted by molar-refractivity contribution is 7.64. The monoisotopic (exact) mass is 378 g/mol. The van der Waals surface area contributed by atoms with E-state index in [4.69, 9.17) is 0 Å². The Bertz CT molecular complexity index is 468. The number of hydrogen-bond acceptors (Lipinski definition) is 14. The zero-order chi connectivity index (χ0) is 16.8. The lowest BCUT2D eigenvalue weighted by molar-refractivity contribution is -0.341. The lowest BCUT2D eigenvalue weighted by Gasteiger charge is -2.37. The van der Waals surface area contributed by atoms with Crippen LogP contribution in [-0.4, -0.2) is 14.2 Å². The Kier molecular flexibility index (Phi) is 9.38. The van der Waals surface area contributed by atoms with E-state index in [1.54, 1.807) is 0 Å². The molecule has 0 heterocycles. The van der Waals surface area contributed by atoms with Crippen LogP contribution in [0.1, 0.15) is 0 Å². The molecule has 0 aliphatic rings. The summed E-state index contributed by atoms with van der Waals surface area (Å²) in [5.74, 6) is 0. The SMILES string of the molecule is COP(=O)([O-])OP(=O)([O-])OP(=O)([O-])[O-].COP(=O)([O-])[O-]. The Morgan fingerprint density at radius 3 is 1.15 bits per heavy atom. The second-order valence-electron chi connectivity index (χ2n) is 2.32. The first-order valence-corrected chi connectivity index (χ1v) is 9.58. The zero-order valence-electron chi connectivity index (χ0n) is 9.50. The summed E-state index contributed by atoms with van der Waals surface area (Å²) in [5, 5.41) is 0. The summed E-state index contributed by atoms with van der Waals surface area (Å²) < 4.78 is 52.6. The van der Waals surface area contributed by atoms with Crippen LogP contribution in [0.5, 0.6) is 0 Å². The van der Waals surface area contributed by atoms with E-state index in [1.807, 2.05) is 0 Å². The Balaban J connectivity index is 0. The van der Waals surface area contributed by atoms with Crippen molar-refractivity contribution < 1.29 is 65.3 Å². The normalized spacial score (nSPS) is 18.4. The summed E-state index contributed by atoms with van der Waals surface area (Å²) in [4.78, 5) is 58.8. The molecular formula is C2H6O14P4-6. The van der Waals surface area contributed by atoms with Crippen LogP contribution in [0.15, 0.2) is 0 Å². The first-order valence-electron chi connectivity index (χ1n) is 3.74. The molecule has 124 valence electrons. The molecule has 0 fully saturated rings. The zero-order valence-corrected chi connectivity index (χ0v) is 13.1. The van der Waals surface area contributed by atoms with Gasteiger partial charge in [-0.15, -0.1) is 0 Å². The topological polar surface area (TPSA) is 244 Å². The van der Waals surface area contributed by atoms with Gasteiger partial charge in [0.15, 0.2) is 0 Å². The summed E-state index contributed by atoms with van der Waals surface area (Å²) in [6.07, 6.45) is 0. The van der Waals surface area contributed by atoms with Crippen LogP contribution < -0.4 is 29.4 Å². The average Bonchev–Trinajstić information content (AvgIpc) is 2.11. The average molecular weight is 378 g/mol. The molecule has 0 radical (unpaired) electrons. The lowest BCUT2D eigenvalue weighted by Crippen LogP contribution is -2.20. The number of rotatable bonds is 6. The third kappa shape index (κ3) is 16.6. The van der Waals surface area contributed by atoms with Crippen molar-refractivity contribution in [1.29, 1.82) is 0 Å². The van der Waals surface area contributed by atoms with Gasteiger partial charge in [-0.25, -0.2) is 4.31 Å². The van der Waals surface area contributed by atoms with Crippen molar-refractivity contribution in [3.05, 3.63) is 0 Å². The highest BCUT2D eigenvalue weighted by Gasteiger charge is 2.19. The van der Waals surface area contributed by atoms with Crippen molar-refractivity contribution in [2.75, 3.05) is 14.2 Å². The molecule has 0 aliphatic heterocycles. The molecule has 0 aliphatic carbocycles.